The molecule has 0 radical (unpaired) electrons. The molecule has 1 fully saturated rings. The molecule has 1 aromatic rings. The van der Waals surface area contributed by atoms with E-state index in [1.807, 2.05) is 6.92 Å². The number of sulfonamides is 1. The Labute approximate surface area is 139 Å². The third kappa shape index (κ3) is 3.87. The number of nitrogens with two attached hydrogens (primary N) is 1. The molecule has 2 unspecified atom stereocenters. The summed E-state index contributed by atoms with van der Waals surface area (Å²) in [6, 6.07) is 3.23. The van der Waals surface area contributed by atoms with Crippen LogP contribution in [0.5, 0.6) is 0 Å². The molecule has 0 aromatic heterocycles. The number of amides is 1. The Kier molecular flexibility index (Phi) is 5.26. The third-order valence-electron chi connectivity index (χ3n) is 3.95. The van der Waals surface area contributed by atoms with E-state index in [-0.39, 0.29) is 22.9 Å². The van der Waals surface area contributed by atoms with Crippen LogP contribution in [0, 0.1) is 6.92 Å². The molecule has 0 spiro atoms. The first kappa shape index (κ1) is 17.4. The van der Waals surface area contributed by atoms with Crippen LogP contribution in [-0.4, -0.2) is 33.0 Å². The summed E-state index contributed by atoms with van der Waals surface area (Å²) in [5, 5.41) is 11.5. The van der Waals surface area contributed by atoms with Gasteiger partial charge in [0.05, 0.1) is 4.90 Å². The smallest absolute Gasteiger partial charge is 0.251 e. The first-order valence-electron chi connectivity index (χ1n) is 7.07. The van der Waals surface area contributed by atoms with Gasteiger partial charge in [-0.1, -0.05) is 15.9 Å². The third-order valence-corrected chi connectivity index (χ3v) is 5.45. The zero-order valence-corrected chi connectivity index (χ0v) is 14.9. The van der Waals surface area contributed by atoms with Gasteiger partial charge >= 0.3 is 0 Å². The van der Waals surface area contributed by atoms with Crippen LogP contribution in [0.2, 0.25) is 0 Å². The normalized spacial score (nSPS) is 22.4. The second-order valence-electron chi connectivity index (χ2n) is 5.59. The Balaban J connectivity index is 2.32. The predicted molar refractivity (Wildman–Crippen MR) is 88.2 cm³/mol. The molecule has 1 aliphatic rings. The molecule has 8 heteroatoms. The summed E-state index contributed by atoms with van der Waals surface area (Å²) in [6.07, 6.45) is 1.89. The van der Waals surface area contributed by atoms with Crippen molar-refractivity contribution in [3.05, 3.63) is 27.7 Å². The molecule has 0 bridgehead atoms. The van der Waals surface area contributed by atoms with E-state index in [2.05, 4.69) is 26.6 Å². The van der Waals surface area contributed by atoms with Crippen molar-refractivity contribution >= 4 is 31.9 Å². The number of carbonyl (C=O) groups excluding carboxylic acids is 1. The molecule has 1 aromatic carbocycles. The van der Waals surface area contributed by atoms with E-state index in [9.17, 15) is 13.2 Å². The quantitative estimate of drug-likeness (QED) is 0.724. The molecule has 1 heterocycles. The topological polar surface area (TPSA) is 101 Å². The summed E-state index contributed by atoms with van der Waals surface area (Å²) < 4.78 is 23.8. The lowest BCUT2D eigenvalue weighted by atomic mass is 9.99. The lowest BCUT2D eigenvalue weighted by Crippen LogP contribution is -2.52. The summed E-state index contributed by atoms with van der Waals surface area (Å²) >= 11 is 3.23. The number of benzene rings is 1. The van der Waals surface area contributed by atoms with E-state index in [0.29, 0.717) is 15.6 Å². The lowest BCUT2D eigenvalue weighted by Gasteiger charge is -2.30. The number of primary sulfonamides is 1. The molecule has 2 rings (SSSR count). The van der Waals surface area contributed by atoms with Gasteiger partial charge in [0.15, 0.2) is 0 Å². The lowest BCUT2D eigenvalue weighted by molar-refractivity contribution is 0.0919. The van der Waals surface area contributed by atoms with Crippen molar-refractivity contribution in [1.29, 1.82) is 0 Å². The average molecular weight is 390 g/mol. The summed E-state index contributed by atoms with van der Waals surface area (Å²) in [6.45, 7) is 4.55. The molecule has 1 amide bonds. The second-order valence-corrected chi connectivity index (χ2v) is 8.03. The number of hydrogen-bond donors (Lipinski definition) is 3. The van der Waals surface area contributed by atoms with Gasteiger partial charge in [-0.3, -0.25) is 4.79 Å². The molecule has 1 aliphatic heterocycles. The second kappa shape index (κ2) is 6.66. The van der Waals surface area contributed by atoms with Gasteiger partial charge in [-0.05, 0) is 50.9 Å². The Bertz CT molecular complexity index is 691. The van der Waals surface area contributed by atoms with Crippen LogP contribution in [0.15, 0.2) is 21.5 Å². The van der Waals surface area contributed by atoms with Gasteiger partial charge in [-0.25, -0.2) is 13.6 Å². The van der Waals surface area contributed by atoms with Crippen LogP contribution in [0.4, 0.5) is 0 Å². The first-order valence-corrected chi connectivity index (χ1v) is 9.41. The van der Waals surface area contributed by atoms with Crippen molar-refractivity contribution in [3.8, 4) is 0 Å². The van der Waals surface area contributed by atoms with E-state index in [4.69, 9.17) is 5.14 Å². The number of nitrogens with one attached hydrogen (secondary N) is 2. The Morgan fingerprint density at radius 2 is 2.14 bits per heavy atom. The van der Waals surface area contributed by atoms with Gasteiger partial charge in [0, 0.05) is 22.1 Å². The highest BCUT2D eigenvalue weighted by molar-refractivity contribution is 9.10. The van der Waals surface area contributed by atoms with Crippen LogP contribution in [0.25, 0.3) is 0 Å². The zero-order valence-electron chi connectivity index (χ0n) is 12.5. The Hall–Kier alpha value is -0.960. The van der Waals surface area contributed by atoms with E-state index >= 15 is 0 Å². The number of hydrogen-bond acceptors (Lipinski definition) is 4. The van der Waals surface area contributed by atoms with E-state index in [1.165, 1.54) is 6.07 Å². The number of halogens is 1. The van der Waals surface area contributed by atoms with E-state index in [1.54, 1.807) is 13.0 Å². The molecule has 1 saturated heterocycles. The van der Waals surface area contributed by atoms with E-state index in [0.717, 1.165) is 19.4 Å². The Morgan fingerprint density at radius 3 is 2.73 bits per heavy atom. The molecule has 6 nitrogen and oxygen atoms in total. The highest BCUT2D eigenvalue weighted by atomic mass is 79.9. The van der Waals surface area contributed by atoms with Gasteiger partial charge < -0.3 is 10.6 Å². The fraction of sp³-hybridized carbons (Fsp3) is 0.500. The highest BCUT2D eigenvalue weighted by Gasteiger charge is 2.25. The largest absolute Gasteiger partial charge is 0.348 e. The van der Waals surface area contributed by atoms with Gasteiger partial charge in [-0.15, -0.1) is 0 Å². The van der Waals surface area contributed by atoms with Crippen molar-refractivity contribution in [3.63, 3.8) is 0 Å². The van der Waals surface area contributed by atoms with Crippen LogP contribution in [0.3, 0.4) is 0 Å². The summed E-state index contributed by atoms with van der Waals surface area (Å²) in [5.74, 6) is -0.288. The van der Waals surface area contributed by atoms with Gasteiger partial charge in [-0.2, -0.15) is 0 Å². The number of rotatable bonds is 3. The monoisotopic (exact) mass is 389 g/mol. The average Bonchev–Trinajstić information content (AvgIpc) is 2.42. The van der Waals surface area contributed by atoms with Crippen LogP contribution in [-0.2, 0) is 10.0 Å². The summed E-state index contributed by atoms with van der Waals surface area (Å²) in [4.78, 5) is 12.5. The van der Waals surface area contributed by atoms with Gasteiger partial charge in [0.2, 0.25) is 10.0 Å². The van der Waals surface area contributed by atoms with Crippen molar-refractivity contribution < 1.29 is 13.2 Å². The van der Waals surface area contributed by atoms with Crippen molar-refractivity contribution in [2.24, 2.45) is 5.14 Å². The van der Waals surface area contributed by atoms with Crippen LogP contribution >= 0.6 is 15.9 Å². The molecule has 0 saturated carbocycles. The van der Waals surface area contributed by atoms with Crippen molar-refractivity contribution in [2.45, 2.75) is 43.7 Å². The molecule has 2 atom stereocenters. The van der Waals surface area contributed by atoms with Crippen LogP contribution < -0.4 is 15.8 Å². The molecular weight excluding hydrogens is 370 g/mol. The minimum Gasteiger partial charge on any atom is -0.348 e. The summed E-state index contributed by atoms with van der Waals surface area (Å²) in [7, 11) is -3.88. The minimum absolute atomic E-state index is 0.0255. The molecule has 0 aliphatic carbocycles. The minimum atomic E-state index is -3.88. The first-order chi connectivity index (χ1) is 10.2. The predicted octanol–water partition coefficient (Wildman–Crippen LogP) is 1.28. The van der Waals surface area contributed by atoms with Crippen molar-refractivity contribution in [1.82, 2.24) is 10.6 Å². The summed E-state index contributed by atoms with van der Waals surface area (Å²) in [5.41, 5.74) is 0.677. The van der Waals surface area contributed by atoms with Gasteiger partial charge in [0.25, 0.3) is 5.91 Å². The maximum Gasteiger partial charge on any atom is 0.251 e. The SMILES string of the molecule is Cc1c(C(=O)NC2CCCNC2C)cc(Br)cc1S(N)(=O)=O. The van der Waals surface area contributed by atoms with Crippen molar-refractivity contribution in [2.75, 3.05) is 6.54 Å². The molecule has 4 N–H and O–H groups in total. The van der Waals surface area contributed by atoms with Gasteiger partial charge in [0.1, 0.15) is 0 Å². The molecular formula is C14H20BrN3O3S. The van der Waals surface area contributed by atoms with E-state index < -0.39 is 10.0 Å². The maximum atomic E-state index is 12.5. The fourth-order valence-corrected chi connectivity index (χ4v) is 4.11. The maximum absolute atomic E-state index is 12.5. The highest BCUT2D eigenvalue weighted by Crippen LogP contribution is 2.24. The zero-order chi connectivity index (χ0) is 16.5. The standard InChI is InChI=1S/C14H20BrN3O3S/c1-8-11(6-10(15)7-13(8)22(16,20)21)14(19)18-12-4-3-5-17-9(12)2/h6-7,9,12,17H,3-5H2,1-2H3,(H,18,19)(H2,16,20,21). The molecule has 122 valence electrons. The number of carbonyl (C=O) groups is 1. The molecule has 22 heavy (non-hydrogen) atoms. The number of piperidine rings is 1. The Morgan fingerprint density at radius 1 is 1.45 bits per heavy atom. The van der Waals surface area contributed by atoms with Crippen LogP contribution in [0.1, 0.15) is 35.7 Å². The fourth-order valence-electron chi connectivity index (χ4n) is 2.67.